The van der Waals surface area contributed by atoms with E-state index >= 15 is 0 Å². The zero-order valence-corrected chi connectivity index (χ0v) is 61.6. The first-order chi connectivity index (χ1) is 44.4. The van der Waals surface area contributed by atoms with E-state index in [0.717, 1.165) is 108 Å². The Hall–Kier alpha value is -1.94. The molecule has 0 aliphatic carbocycles. The van der Waals surface area contributed by atoms with Crippen LogP contribution < -0.4 is 0 Å². The number of aliphatic hydroxyl groups is 1. The fourth-order valence-corrected chi connectivity index (χ4v) is 12.7. The van der Waals surface area contributed by atoms with Crippen LogP contribution in [0.3, 0.4) is 0 Å². The van der Waals surface area contributed by atoms with Crippen molar-refractivity contribution < 1.29 is 80.2 Å². The number of carbonyl (C=O) groups is 4. The minimum atomic E-state index is -4.95. The number of hydrogen-bond acceptors (Lipinski definition) is 15. The van der Waals surface area contributed by atoms with Gasteiger partial charge in [0.25, 0.3) is 0 Å². The predicted octanol–water partition coefficient (Wildman–Crippen LogP) is 21.2. The number of phosphoric acid groups is 2. The molecule has 0 aromatic carbocycles. The van der Waals surface area contributed by atoms with E-state index in [4.69, 9.17) is 37.0 Å². The molecule has 0 rings (SSSR count). The van der Waals surface area contributed by atoms with Gasteiger partial charge in [-0.1, -0.05) is 324 Å². The SMILES string of the molecule is CCCCCCCCCCCCCCCCC(=O)OC[C@H](COP(=O)(O)OC[C@@H](O)COP(=O)(O)OC[C@@H](COC(=O)CCCCCCC)OC(=O)CCCCCCCCCCC(C)C)OC(=O)CCCCCCCCCCCCCCCCCCCCC(C)CC. The Morgan fingerprint density at radius 2 is 0.554 bits per heavy atom. The van der Waals surface area contributed by atoms with Crippen LogP contribution in [0.1, 0.15) is 375 Å². The van der Waals surface area contributed by atoms with E-state index in [1.165, 1.54) is 186 Å². The molecule has 0 saturated carbocycles. The van der Waals surface area contributed by atoms with Gasteiger partial charge in [0.05, 0.1) is 26.4 Å². The summed E-state index contributed by atoms with van der Waals surface area (Å²) in [6.45, 7) is 9.50. The van der Waals surface area contributed by atoms with E-state index in [0.29, 0.717) is 25.7 Å². The van der Waals surface area contributed by atoms with Crippen molar-refractivity contribution >= 4 is 39.5 Å². The van der Waals surface area contributed by atoms with Crippen LogP contribution in [0.2, 0.25) is 0 Å². The Kier molecular flexibility index (Phi) is 63.7. The normalized spacial score (nSPS) is 14.4. The molecule has 0 saturated heterocycles. The van der Waals surface area contributed by atoms with Crippen molar-refractivity contribution in [1.82, 2.24) is 0 Å². The Balaban J connectivity index is 5.11. The first kappa shape index (κ1) is 90.1. The van der Waals surface area contributed by atoms with Crippen LogP contribution >= 0.6 is 15.6 Å². The standard InChI is InChI=1S/C73H142O17P2/c1-7-10-12-14-15-16-17-18-26-29-32-38-44-50-56-71(76)84-62-69(90-72(77)57-51-45-39-33-30-27-24-22-20-19-21-23-25-28-31-37-43-48-54-66(6)9-3)64-88-92(81,82)86-60-67(74)59-85-91(79,80)87-63-68(61-83-70(75)55-49-41-13-11-8-2)89-73(78)58-52-46-40-35-34-36-42-47-53-65(4)5/h65-69,74H,7-64H2,1-6H3,(H,79,80)(H,81,82)/t66?,67-,68+,69+/m0/s1. The maximum absolute atomic E-state index is 13.1. The van der Waals surface area contributed by atoms with Gasteiger partial charge in [-0.3, -0.25) is 37.3 Å². The molecule has 3 unspecified atom stereocenters. The molecule has 0 aromatic rings. The third-order valence-corrected chi connectivity index (χ3v) is 19.2. The van der Waals surface area contributed by atoms with E-state index in [2.05, 4.69) is 41.5 Å². The largest absolute Gasteiger partial charge is 0.472 e. The van der Waals surface area contributed by atoms with Crippen molar-refractivity contribution in [3.05, 3.63) is 0 Å². The molecular formula is C73H142O17P2. The lowest BCUT2D eigenvalue weighted by atomic mass is 9.99. The number of ether oxygens (including phenoxy) is 4. The van der Waals surface area contributed by atoms with Gasteiger partial charge in [0, 0.05) is 25.7 Å². The second kappa shape index (κ2) is 65.0. The number of esters is 4. The van der Waals surface area contributed by atoms with E-state index in [-0.39, 0.29) is 25.7 Å². The van der Waals surface area contributed by atoms with Gasteiger partial charge in [-0.25, -0.2) is 9.13 Å². The van der Waals surface area contributed by atoms with Crippen molar-refractivity contribution in [1.29, 1.82) is 0 Å². The maximum Gasteiger partial charge on any atom is 0.472 e. The smallest absolute Gasteiger partial charge is 0.462 e. The van der Waals surface area contributed by atoms with Gasteiger partial charge in [0.1, 0.15) is 19.3 Å². The Bertz CT molecular complexity index is 1790. The van der Waals surface area contributed by atoms with Crippen molar-refractivity contribution in [3.63, 3.8) is 0 Å². The van der Waals surface area contributed by atoms with Gasteiger partial charge < -0.3 is 33.8 Å². The fraction of sp³-hybridized carbons (Fsp3) is 0.945. The lowest BCUT2D eigenvalue weighted by Gasteiger charge is -2.21. The number of hydrogen-bond donors (Lipinski definition) is 3. The summed E-state index contributed by atoms with van der Waals surface area (Å²) >= 11 is 0. The van der Waals surface area contributed by atoms with E-state index in [1.54, 1.807) is 0 Å². The highest BCUT2D eigenvalue weighted by atomic mass is 31.2. The average molecular weight is 1350 g/mol. The Labute approximate surface area is 562 Å². The monoisotopic (exact) mass is 1350 g/mol. The lowest BCUT2D eigenvalue weighted by Crippen LogP contribution is -2.30. The summed E-state index contributed by atoms with van der Waals surface area (Å²) < 4.78 is 68.1. The molecule has 546 valence electrons. The first-order valence-electron chi connectivity index (χ1n) is 38.0. The lowest BCUT2D eigenvalue weighted by molar-refractivity contribution is -0.161. The predicted molar refractivity (Wildman–Crippen MR) is 372 cm³/mol. The first-order valence-corrected chi connectivity index (χ1v) is 41.0. The zero-order valence-electron chi connectivity index (χ0n) is 59.9. The molecule has 0 fully saturated rings. The van der Waals surface area contributed by atoms with E-state index in [9.17, 15) is 43.2 Å². The molecule has 3 N–H and O–H groups in total. The average Bonchev–Trinajstić information content (AvgIpc) is 3.14. The third-order valence-electron chi connectivity index (χ3n) is 17.3. The number of unbranched alkanes of at least 4 members (excludes halogenated alkanes) is 41. The minimum Gasteiger partial charge on any atom is -0.462 e. The molecule has 0 bridgehead atoms. The highest BCUT2D eigenvalue weighted by Crippen LogP contribution is 2.45. The van der Waals surface area contributed by atoms with Crippen LogP contribution in [0.4, 0.5) is 0 Å². The molecule has 92 heavy (non-hydrogen) atoms. The van der Waals surface area contributed by atoms with Gasteiger partial charge in [0.15, 0.2) is 12.2 Å². The fourth-order valence-electron chi connectivity index (χ4n) is 11.1. The van der Waals surface area contributed by atoms with Crippen LogP contribution in [0.5, 0.6) is 0 Å². The molecule has 19 heteroatoms. The third kappa shape index (κ3) is 65.4. The van der Waals surface area contributed by atoms with Crippen LogP contribution in [-0.4, -0.2) is 96.7 Å². The molecule has 0 aliphatic rings. The summed E-state index contributed by atoms with van der Waals surface area (Å²) in [6, 6.07) is 0. The molecule has 0 heterocycles. The van der Waals surface area contributed by atoms with E-state index in [1.807, 2.05) is 0 Å². The molecule has 6 atom stereocenters. The summed E-state index contributed by atoms with van der Waals surface area (Å²) in [4.78, 5) is 72.3. The minimum absolute atomic E-state index is 0.104. The maximum atomic E-state index is 13.1. The van der Waals surface area contributed by atoms with Gasteiger partial charge in [-0.05, 0) is 37.5 Å². The topological polar surface area (TPSA) is 237 Å². The van der Waals surface area contributed by atoms with Crippen molar-refractivity contribution in [2.24, 2.45) is 11.8 Å². The molecule has 0 radical (unpaired) electrons. The number of aliphatic hydroxyl groups excluding tert-OH is 1. The Morgan fingerprint density at radius 3 is 0.826 bits per heavy atom. The van der Waals surface area contributed by atoms with Gasteiger partial charge >= 0.3 is 39.5 Å². The van der Waals surface area contributed by atoms with Crippen LogP contribution in [0.15, 0.2) is 0 Å². The Morgan fingerprint density at radius 1 is 0.315 bits per heavy atom. The molecule has 0 aliphatic heterocycles. The van der Waals surface area contributed by atoms with Crippen molar-refractivity contribution in [3.8, 4) is 0 Å². The highest BCUT2D eigenvalue weighted by molar-refractivity contribution is 7.47. The second-order valence-electron chi connectivity index (χ2n) is 27.1. The van der Waals surface area contributed by atoms with Gasteiger partial charge in [-0.15, -0.1) is 0 Å². The summed E-state index contributed by atoms with van der Waals surface area (Å²) in [6.07, 6.45) is 51.8. The van der Waals surface area contributed by atoms with Crippen molar-refractivity contribution in [2.45, 2.75) is 394 Å². The van der Waals surface area contributed by atoms with Crippen LogP contribution in [0.25, 0.3) is 0 Å². The number of rotatable bonds is 72. The summed E-state index contributed by atoms with van der Waals surface area (Å²) in [7, 11) is -9.89. The number of carbonyl (C=O) groups excluding carboxylic acids is 4. The van der Waals surface area contributed by atoms with Gasteiger partial charge in [0.2, 0.25) is 0 Å². The quantitative estimate of drug-likeness (QED) is 0.0222. The van der Waals surface area contributed by atoms with E-state index < -0.39 is 97.5 Å². The molecular weight excluding hydrogens is 1210 g/mol. The van der Waals surface area contributed by atoms with Crippen LogP contribution in [0, 0.1) is 11.8 Å². The summed E-state index contributed by atoms with van der Waals surface area (Å²) in [5, 5.41) is 10.6. The number of phosphoric ester groups is 2. The van der Waals surface area contributed by atoms with Crippen molar-refractivity contribution in [2.75, 3.05) is 39.6 Å². The molecule has 0 amide bonds. The highest BCUT2D eigenvalue weighted by Gasteiger charge is 2.30. The second-order valence-corrected chi connectivity index (χ2v) is 30.0. The molecule has 17 nitrogen and oxygen atoms in total. The summed E-state index contributed by atoms with van der Waals surface area (Å²) in [5.41, 5.74) is 0. The summed E-state index contributed by atoms with van der Waals surface area (Å²) in [5.74, 6) is -0.543. The molecule has 0 aromatic heterocycles. The molecule has 0 spiro atoms. The van der Waals surface area contributed by atoms with Gasteiger partial charge in [-0.2, -0.15) is 0 Å². The zero-order chi connectivity index (χ0) is 67.9. The van der Waals surface area contributed by atoms with Crippen LogP contribution in [-0.2, 0) is 65.4 Å².